The summed E-state index contributed by atoms with van der Waals surface area (Å²) in [5.74, 6) is -0.805. The molecule has 0 saturated carbocycles. The molecule has 0 atom stereocenters. The number of nitrogens with zero attached hydrogens (tertiary/aromatic N) is 3. The number of hydrogen-bond acceptors (Lipinski definition) is 3. The summed E-state index contributed by atoms with van der Waals surface area (Å²) in [4.78, 5) is 11.9. The molecule has 1 aromatic rings. The molecule has 1 heterocycles. The van der Waals surface area contributed by atoms with Crippen LogP contribution in [-0.2, 0) is 24.2 Å². The average Bonchev–Trinajstić information content (AvgIpc) is 2.57. The largest absolute Gasteiger partial charge is 0.481 e. The number of aromatic nitrogens is 3. The highest BCUT2D eigenvalue weighted by atomic mass is 16.4. The van der Waals surface area contributed by atoms with Crippen LogP contribution in [0.2, 0.25) is 0 Å². The van der Waals surface area contributed by atoms with E-state index in [-0.39, 0.29) is 6.42 Å². The first-order valence-corrected chi connectivity index (χ1v) is 4.90. The second-order valence-corrected chi connectivity index (χ2v) is 3.54. The van der Waals surface area contributed by atoms with Crippen molar-refractivity contribution in [2.75, 3.05) is 0 Å². The first-order valence-electron chi connectivity index (χ1n) is 4.90. The zero-order chi connectivity index (χ0) is 9.97. The van der Waals surface area contributed by atoms with E-state index in [1.165, 1.54) is 17.6 Å². The third kappa shape index (κ3) is 1.92. The smallest absolute Gasteiger partial charge is 0.305 e. The lowest BCUT2D eigenvalue weighted by atomic mass is 10.0. The van der Waals surface area contributed by atoms with E-state index in [1.807, 2.05) is 0 Å². The Morgan fingerprint density at radius 2 is 1.86 bits per heavy atom. The van der Waals surface area contributed by atoms with Crippen LogP contribution in [0.5, 0.6) is 0 Å². The summed E-state index contributed by atoms with van der Waals surface area (Å²) in [6.07, 6.45) is 4.41. The van der Waals surface area contributed by atoms with Crippen LogP contribution >= 0.6 is 0 Å². The summed E-state index contributed by atoms with van der Waals surface area (Å²) in [5, 5.41) is 17.0. The number of aryl methyl sites for hydroxylation is 3. The van der Waals surface area contributed by atoms with Crippen LogP contribution < -0.4 is 0 Å². The summed E-state index contributed by atoms with van der Waals surface area (Å²) >= 11 is 0. The molecule has 14 heavy (non-hydrogen) atoms. The Bertz CT molecular complexity index is 322. The maximum absolute atomic E-state index is 10.3. The zero-order valence-electron chi connectivity index (χ0n) is 7.94. The van der Waals surface area contributed by atoms with Crippen molar-refractivity contribution in [1.29, 1.82) is 0 Å². The molecule has 0 fully saturated rings. The number of carbonyl (C=O) groups is 1. The molecule has 1 N–H and O–H groups in total. The molecule has 0 amide bonds. The van der Waals surface area contributed by atoms with Crippen LogP contribution in [-0.4, -0.2) is 26.1 Å². The van der Waals surface area contributed by atoms with Gasteiger partial charge in [-0.05, 0) is 25.7 Å². The Balaban J connectivity index is 2.04. The fourth-order valence-electron chi connectivity index (χ4n) is 1.69. The van der Waals surface area contributed by atoms with Gasteiger partial charge in [0.1, 0.15) is 0 Å². The van der Waals surface area contributed by atoms with Crippen LogP contribution in [0, 0.1) is 0 Å². The van der Waals surface area contributed by atoms with E-state index < -0.39 is 5.97 Å². The molecule has 0 radical (unpaired) electrons. The van der Waals surface area contributed by atoms with Gasteiger partial charge < -0.3 is 5.11 Å². The molecule has 1 aromatic heterocycles. The van der Waals surface area contributed by atoms with Gasteiger partial charge in [-0.3, -0.25) is 4.79 Å². The Labute approximate surface area is 81.7 Å². The lowest BCUT2D eigenvalue weighted by Crippen LogP contribution is -2.07. The van der Waals surface area contributed by atoms with Gasteiger partial charge in [0.05, 0.1) is 24.4 Å². The van der Waals surface area contributed by atoms with Crippen molar-refractivity contribution in [2.45, 2.75) is 38.6 Å². The molecule has 5 nitrogen and oxygen atoms in total. The lowest BCUT2D eigenvalue weighted by Gasteiger charge is -2.05. The van der Waals surface area contributed by atoms with E-state index in [2.05, 4.69) is 10.2 Å². The second-order valence-electron chi connectivity index (χ2n) is 3.54. The molecule has 1 aliphatic rings. The van der Waals surface area contributed by atoms with Gasteiger partial charge in [-0.15, -0.1) is 0 Å². The third-order valence-corrected chi connectivity index (χ3v) is 2.41. The van der Waals surface area contributed by atoms with Crippen molar-refractivity contribution in [2.24, 2.45) is 0 Å². The molecule has 0 saturated heterocycles. The minimum absolute atomic E-state index is 0.0908. The molecule has 0 aliphatic heterocycles. The number of fused-ring (bicyclic) bond motifs is 1. The van der Waals surface area contributed by atoms with Gasteiger partial charge in [-0.25, -0.2) is 0 Å². The van der Waals surface area contributed by atoms with Gasteiger partial charge in [-0.1, -0.05) is 0 Å². The number of hydrogen-bond donors (Lipinski definition) is 1. The van der Waals surface area contributed by atoms with Crippen molar-refractivity contribution < 1.29 is 9.90 Å². The third-order valence-electron chi connectivity index (χ3n) is 2.41. The van der Waals surface area contributed by atoms with E-state index in [1.54, 1.807) is 0 Å². The quantitative estimate of drug-likeness (QED) is 0.768. The summed E-state index contributed by atoms with van der Waals surface area (Å²) in [5.41, 5.74) is 2.11. The summed E-state index contributed by atoms with van der Waals surface area (Å²) in [6.45, 7) is 0.377. The van der Waals surface area contributed by atoms with Crippen LogP contribution in [0.25, 0.3) is 0 Å². The zero-order valence-corrected chi connectivity index (χ0v) is 7.94. The molecule has 0 bridgehead atoms. The van der Waals surface area contributed by atoms with Gasteiger partial charge in [0.25, 0.3) is 0 Å². The summed E-state index contributed by atoms with van der Waals surface area (Å²) < 4.78 is 0. The monoisotopic (exact) mass is 195 g/mol. The highest BCUT2D eigenvalue weighted by Crippen LogP contribution is 2.16. The van der Waals surface area contributed by atoms with Gasteiger partial charge in [-0.2, -0.15) is 15.0 Å². The first kappa shape index (κ1) is 9.18. The van der Waals surface area contributed by atoms with E-state index in [0.717, 1.165) is 24.2 Å². The highest BCUT2D eigenvalue weighted by molar-refractivity contribution is 5.66. The number of carboxylic acid groups (broad SMARTS) is 1. The van der Waals surface area contributed by atoms with E-state index in [0.29, 0.717) is 6.54 Å². The minimum atomic E-state index is -0.805. The van der Waals surface area contributed by atoms with Crippen molar-refractivity contribution in [1.82, 2.24) is 15.0 Å². The minimum Gasteiger partial charge on any atom is -0.481 e. The number of rotatable bonds is 3. The van der Waals surface area contributed by atoms with Crippen molar-refractivity contribution in [3.05, 3.63) is 11.4 Å². The highest BCUT2D eigenvalue weighted by Gasteiger charge is 2.15. The number of aliphatic carboxylic acids is 1. The van der Waals surface area contributed by atoms with Gasteiger partial charge >= 0.3 is 5.97 Å². The van der Waals surface area contributed by atoms with Crippen molar-refractivity contribution in [3.8, 4) is 0 Å². The molecular formula is C9H13N3O2. The molecular weight excluding hydrogens is 182 g/mol. The van der Waals surface area contributed by atoms with Crippen LogP contribution in [0.1, 0.15) is 30.7 Å². The fraction of sp³-hybridized carbons (Fsp3) is 0.667. The Hall–Kier alpha value is -1.39. The maximum atomic E-state index is 10.3. The van der Waals surface area contributed by atoms with E-state index in [4.69, 9.17) is 5.11 Å². The predicted octanol–water partition coefficient (Wildman–Crippen LogP) is 0.632. The molecule has 5 heteroatoms. The average molecular weight is 195 g/mol. The molecule has 2 rings (SSSR count). The molecule has 1 aliphatic carbocycles. The topological polar surface area (TPSA) is 68.0 Å². The number of carboxylic acids is 1. The molecule has 0 spiro atoms. The van der Waals surface area contributed by atoms with E-state index in [9.17, 15) is 4.79 Å². The van der Waals surface area contributed by atoms with Crippen molar-refractivity contribution in [3.63, 3.8) is 0 Å². The van der Waals surface area contributed by atoms with Gasteiger partial charge in [0.15, 0.2) is 0 Å². The lowest BCUT2D eigenvalue weighted by molar-refractivity contribution is -0.137. The molecule has 76 valence electrons. The normalized spacial score (nSPS) is 15.1. The Morgan fingerprint density at radius 1 is 1.29 bits per heavy atom. The molecule has 0 unspecified atom stereocenters. The summed E-state index contributed by atoms with van der Waals surface area (Å²) in [7, 11) is 0. The fourth-order valence-corrected chi connectivity index (χ4v) is 1.69. The predicted molar refractivity (Wildman–Crippen MR) is 48.9 cm³/mol. The van der Waals surface area contributed by atoms with Gasteiger partial charge in [0, 0.05) is 0 Å². The molecule has 0 aromatic carbocycles. The van der Waals surface area contributed by atoms with Crippen LogP contribution in [0.4, 0.5) is 0 Å². The Morgan fingerprint density at radius 3 is 2.36 bits per heavy atom. The van der Waals surface area contributed by atoms with E-state index >= 15 is 0 Å². The second kappa shape index (κ2) is 3.77. The van der Waals surface area contributed by atoms with Gasteiger partial charge in [0.2, 0.25) is 0 Å². The first-order chi connectivity index (χ1) is 6.75. The SMILES string of the molecule is O=C(O)CCn1nc2c(n1)CCCC2. The van der Waals surface area contributed by atoms with Crippen LogP contribution in [0.15, 0.2) is 0 Å². The van der Waals surface area contributed by atoms with Crippen LogP contribution in [0.3, 0.4) is 0 Å². The maximum Gasteiger partial charge on any atom is 0.305 e. The van der Waals surface area contributed by atoms with Crippen molar-refractivity contribution >= 4 is 5.97 Å². The Kier molecular flexibility index (Phi) is 2.47. The standard InChI is InChI=1S/C9H13N3O2/c13-9(14)5-6-12-10-7-3-1-2-4-8(7)11-12/h1-6H2,(H,13,14). The summed E-state index contributed by atoms with van der Waals surface area (Å²) in [6, 6.07) is 0.